The molecule has 2 nitrogen and oxygen atoms in total. The Morgan fingerprint density at radius 3 is 1.34 bits per heavy atom. The first-order valence-corrected chi connectivity index (χ1v) is 13.7. The Balaban J connectivity index is 1.87. The topological polar surface area (TPSA) is 24.4 Å². The van der Waals surface area contributed by atoms with Crippen LogP contribution in [0.1, 0.15) is 155 Å². The quantitative estimate of drug-likeness (QED) is 0.178. The number of nitrogens with one attached hydrogen (secondary N) is 1. The third-order valence-electron chi connectivity index (χ3n) is 6.74. The van der Waals surface area contributed by atoms with E-state index in [-0.39, 0.29) is 0 Å². The lowest BCUT2D eigenvalue weighted by Gasteiger charge is -2.18. The minimum atomic E-state index is 0.558. The molecule has 0 saturated heterocycles. The van der Waals surface area contributed by atoms with Gasteiger partial charge in [-0.1, -0.05) is 142 Å². The molecule has 0 radical (unpaired) electrons. The highest BCUT2D eigenvalue weighted by atomic mass is 15.1. The van der Waals surface area contributed by atoms with Crippen molar-refractivity contribution in [1.82, 2.24) is 5.32 Å². The summed E-state index contributed by atoms with van der Waals surface area (Å²) in [6.07, 6.45) is 33.1. The van der Waals surface area contributed by atoms with Gasteiger partial charge in [0.15, 0.2) is 0 Å². The van der Waals surface area contributed by atoms with Gasteiger partial charge in [-0.15, -0.1) is 0 Å². The smallest absolute Gasteiger partial charge is 0.0831 e. The second-order valence-electron chi connectivity index (χ2n) is 9.56. The van der Waals surface area contributed by atoms with Gasteiger partial charge in [0, 0.05) is 6.04 Å². The lowest BCUT2D eigenvalue weighted by atomic mass is 9.96. The summed E-state index contributed by atoms with van der Waals surface area (Å²) in [5.74, 6) is 0. The van der Waals surface area contributed by atoms with Gasteiger partial charge in [0.1, 0.15) is 0 Å². The van der Waals surface area contributed by atoms with Crippen LogP contribution in [-0.2, 0) is 0 Å². The summed E-state index contributed by atoms with van der Waals surface area (Å²) in [5.41, 5.74) is 0. The van der Waals surface area contributed by atoms with Crippen molar-refractivity contribution in [3.63, 3.8) is 0 Å². The molecule has 0 bridgehead atoms. The fourth-order valence-electron chi connectivity index (χ4n) is 4.69. The van der Waals surface area contributed by atoms with Crippen LogP contribution in [0.4, 0.5) is 0 Å². The molecule has 0 spiro atoms. The second kappa shape index (κ2) is 20.7. The zero-order chi connectivity index (χ0) is 20.8. The van der Waals surface area contributed by atoms with Crippen LogP contribution in [0, 0.1) is 0 Å². The molecule has 172 valence electrons. The summed E-state index contributed by atoms with van der Waals surface area (Å²) in [5, 5.41) is 3.53. The molecule has 0 aromatic carbocycles. The Morgan fingerprint density at radius 1 is 0.517 bits per heavy atom. The summed E-state index contributed by atoms with van der Waals surface area (Å²) in [6, 6.07) is 1.19. The molecule has 1 aliphatic rings. The number of aliphatic imine (C=N–C) groups is 1. The molecule has 0 fully saturated rings. The van der Waals surface area contributed by atoms with E-state index in [2.05, 4.69) is 19.2 Å². The maximum absolute atomic E-state index is 4.72. The molecule has 29 heavy (non-hydrogen) atoms. The van der Waals surface area contributed by atoms with Gasteiger partial charge in [0.05, 0.1) is 12.4 Å². The number of hydrogen-bond donors (Lipinski definition) is 1. The largest absolute Gasteiger partial charge is 0.372 e. The van der Waals surface area contributed by atoms with E-state index in [9.17, 15) is 0 Å². The summed E-state index contributed by atoms with van der Waals surface area (Å²) >= 11 is 0. The molecule has 0 aromatic heterocycles. The molecule has 0 aromatic rings. The Kier molecular flexibility index (Phi) is 18.9. The van der Waals surface area contributed by atoms with Crippen LogP contribution in [-0.4, -0.2) is 18.4 Å². The number of rotatable bonds is 22. The van der Waals surface area contributed by atoms with E-state index in [0.717, 1.165) is 0 Å². The predicted molar refractivity (Wildman–Crippen MR) is 132 cm³/mol. The van der Waals surface area contributed by atoms with Gasteiger partial charge in [-0.05, 0) is 12.8 Å². The number of nitrogens with zero attached hydrogens (tertiary/aromatic N) is 1. The van der Waals surface area contributed by atoms with Gasteiger partial charge in [0.25, 0.3) is 0 Å². The van der Waals surface area contributed by atoms with Crippen LogP contribution in [0.25, 0.3) is 0 Å². The van der Waals surface area contributed by atoms with Crippen molar-refractivity contribution in [2.45, 2.75) is 167 Å². The van der Waals surface area contributed by atoms with Crippen molar-refractivity contribution in [2.75, 3.05) is 0 Å². The molecule has 2 heteroatoms. The highest BCUT2D eigenvalue weighted by Gasteiger charge is 2.22. The molecular weight excluding hydrogens is 352 g/mol. The predicted octanol–water partition coefficient (Wildman–Crippen LogP) is 8.98. The van der Waals surface area contributed by atoms with Crippen LogP contribution < -0.4 is 5.32 Å². The molecule has 0 saturated carbocycles. The summed E-state index contributed by atoms with van der Waals surface area (Å²) in [4.78, 5) is 4.72. The van der Waals surface area contributed by atoms with E-state index in [1.807, 2.05) is 6.34 Å². The van der Waals surface area contributed by atoms with Gasteiger partial charge >= 0.3 is 0 Å². The lowest BCUT2D eigenvalue weighted by molar-refractivity contribution is 0.428. The van der Waals surface area contributed by atoms with Crippen molar-refractivity contribution in [3.05, 3.63) is 0 Å². The molecule has 0 amide bonds. The van der Waals surface area contributed by atoms with E-state index in [1.165, 1.54) is 141 Å². The average molecular weight is 407 g/mol. The Hall–Kier alpha value is -0.530. The molecule has 1 heterocycles. The maximum Gasteiger partial charge on any atom is 0.0831 e. The fourth-order valence-corrected chi connectivity index (χ4v) is 4.69. The normalized spacial score (nSPS) is 18.4. The van der Waals surface area contributed by atoms with Crippen LogP contribution in [0.15, 0.2) is 4.99 Å². The van der Waals surface area contributed by atoms with E-state index < -0.39 is 0 Å². The van der Waals surface area contributed by atoms with Crippen molar-refractivity contribution in [3.8, 4) is 0 Å². The lowest BCUT2D eigenvalue weighted by Crippen LogP contribution is -2.31. The zero-order valence-electron chi connectivity index (χ0n) is 20.2. The first-order valence-electron chi connectivity index (χ1n) is 13.7. The first kappa shape index (κ1) is 26.5. The van der Waals surface area contributed by atoms with E-state index >= 15 is 0 Å². The Labute approximate surface area is 184 Å². The minimum absolute atomic E-state index is 0.558. The van der Waals surface area contributed by atoms with Crippen LogP contribution in [0.2, 0.25) is 0 Å². The summed E-state index contributed by atoms with van der Waals surface area (Å²) in [7, 11) is 0. The highest BCUT2D eigenvalue weighted by molar-refractivity contribution is 5.58. The standard InChI is InChI=1S/C27H54N2/c1-3-5-7-9-11-13-15-17-19-21-23-26-27(29-25-28-26)24-22-20-18-16-14-12-10-8-6-4-2/h25-27H,3-24H2,1-2H3,(H,28,29). The van der Waals surface area contributed by atoms with Crippen LogP contribution in [0.5, 0.6) is 0 Å². The molecule has 0 aliphatic carbocycles. The van der Waals surface area contributed by atoms with Gasteiger partial charge < -0.3 is 5.32 Å². The zero-order valence-corrected chi connectivity index (χ0v) is 20.2. The molecule has 1 aliphatic heterocycles. The number of unbranched alkanes of at least 4 members (excludes halogenated alkanes) is 18. The van der Waals surface area contributed by atoms with E-state index in [0.29, 0.717) is 12.1 Å². The average Bonchev–Trinajstić information content (AvgIpc) is 3.18. The van der Waals surface area contributed by atoms with Gasteiger partial charge in [-0.2, -0.15) is 0 Å². The molecular formula is C27H54N2. The Bertz CT molecular complexity index is 352. The van der Waals surface area contributed by atoms with Gasteiger partial charge in [-0.25, -0.2) is 0 Å². The third-order valence-corrected chi connectivity index (χ3v) is 6.74. The summed E-state index contributed by atoms with van der Waals surface area (Å²) in [6.45, 7) is 4.60. The SMILES string of the molecule is CCCCCCCCCCCCC1N=CNC1CCCCCCCCCCCC. The van der Waals surface area contributed by atoms with Crippen LogP contribution in [0.3, 0.4) is 0 Å². The molecule has 1 N–H and O–H groups in total. The van der Waals surface area contributed by atoms with Crippen molar-refractivity contribution in [2.24, 2.45) is 4.99 Å². The van der Waals surface area contributed by atoms with Gasteiger partial charge in [0.2, 0.25) is 0 Å². The maximum atomic E-state index is 4.72. The van der Waals surface area contributed by atoms with Crippen molar-refractivity contribution >= 4 is 6.34 Å². The second-order valence-corrected chi connectivity index (χ2v) is 9.56. The monoisotopic (exact) mass is 406 g/mol. The third kappa shape index (κ3) is 15.9. The summed E-state index contributed by atoms with van der Waals surface area (Å²) < 4.78 is 0. The van der Waals surface area contributed by atoms with Crippen LogP contribution >= 0.6 is 0 Å². The molecule has 2 unspecified atom stereocenters. The van der Waals surface area contributed by atoms with E-state index in [4.69, 9.17) is 4.99 Å². The highest BCUT2D eigenvalue weighted by Crippen LogP contribution is 2.20. The van der Waals surface area contributed by atoms with E-state index in [1.54, 1.807) is 0 Å². The Morgan fingerprint density at radius 2 is 0.897 bits per heavy atom. The molecule has 2 atom stereocenters. The molecule has 1 rings (SSSR count). The van der Waals surface area contributed by atoms with Crippen molar-refractivity contribution < 1.29 is 0 Å². The number of hydrogen-bond acceptors (Lipinski definition) is 2. The fraction of sp³-hybridized carbons (Fsp3) is 0.963. The minimum Gasteiger partial charge on any atom is -0.372 e. The van der Waals surface area contributed by atoms with Gasteiger partial charge in [-0.3, -0.25) is 4.99 Å². The van der Waals surface area contributed by atoms with Crippen molar-refractivity contribution in [1.29, 1.82) is 0 Å². The first-order chi connectivity index (χ1) is 14.4.